The number of amides is 1. The molecule has 5 heteroatoms. The van der Waals surface area contributed by atoms with Crippen LogP contribution < -0.4 is 5.32 Å². The molecular weight excluding hydrogens is 249 g/mol. The molecule has 0 spiro atoms. The number of hydrogen-bond donors (Lipinski definition) is 2. The van der Waals surface area contributed by atoms with Crippen LogP contribution in [0.2, 0.25) is 0 Å². The van der Waals surface area contributed by atoms with E-state index >= 15 is 0 Å². The number of carbonyl (C=O) groups excluding carboxylic acids is 1. The summed E-state index contributed by atoms with van der Waals surface area (Å²) in [4.78, 5) is 11.9. The first-order valence-electron chi connectivity index (χ1n) is 6.38. The molecule has 2 rings (SSSR count). The van der Waals surface area contributed by atoms with Crippen molar-refractivity contribution in [1.82, 2.24) is 5.32 Å². The number of benzene rings is 1. The summed E-state index contributed by atoms with van der Waals surface area (Å²) < 4.78 is 18.3. The summed E-state index contributed by atoms with van der Waals surface area (Å²) in [6.45, 7) is 1.58. The molecule has 0 radical (unpaired) electrons. The molecular formula is C14H18FNO3. The first kappa shape index (κ1) is 14.0. The van der Waals surface area contributed by atoms with Gasteiger partial charge in [-0.3, -0.25) is 4.79 Å². The molecule has 0 aromatic heterocycles. The van der Waals surface area contributed by atoms with E-state index in [0.717, 1.165) is 0 Å². The van der Waals surface area contributed by atoms with Crippen LogP contribution >= 0.6 is 0 Å². The fourth-order valence-electron chi connectivity index (χ4n) is 2.19. The molecule has 1 aromatic rings. The fraction of sp³-hybridized carbons (Fsp3) is 0.500. The van der Waals surface area contributed by atoms with Crippen LogP contribution in [0.1, 0.15) is 23.2 Å². The van der Waals surface area contributed by atoms with Crippen molar-refractivity contribution < 1.29 is 19.0 Å². The second-order valence-corrected chi connectivity index (χ2v) is 4.96. The second-order valence-electron chi connectivity index (χ2n) is 4.96. The maximum Gasteiger partial charge on any atom is 0.251 e. The smallest absolute Gasteiger partial charge is 0.251 e. The zero-order valence-electron chi connectivity index (χ0n) is 10.7. The predicted molar refractivity (Wildman–Crippen MR) is 68.3 cm³/mol. The summed E-state index contributed by atoms with van der Waals surface area (Å²) in [6, 6.07) is 5.56. The molecule has 0 unspecified atom stereocenters. The van der Waals surface area contributed by atoms with Crippen LogP contribution in [-0.2, 0) is 4.74 Å². The van der Waals surface area contributed by atoms with Gasteiger partial charge in [-0.05, 0) is 31.0 Å². The van der Waals surface area contributed by atoms with Gasteiger partial charge in [-0.15, -0.1) is 0 Å². The minimum Gasteiger partial charge on any atom is -0.396 e. The zero-order valence-corrected chi connectivity index (χ0v) is 10.7. The monoisotopic (exact) mass is 267 g/mol. The van der Waals surface area contributed by atoms with Gasteiger partial charge in [0.1, 0.15) is 5.82 Å². The number of rotatable bonds is 4. The van der Waals surface area contributed by atoms with E-state index in [-0.39, 0.29) is 17.9 Å². The van der Waals surface area contributed by atoms with Crippen LogP contribution in [0.25, 0.3) is 0 Å². The van der Waals surface area contributed by atoms with Gasteiger partial charge in [-0.2, -0.15) is 0 Å². The summed E-state index contributed by atoms with van der Waals surface area (Å²) in [5.41, 5.74) is -0.0264. The van der Waals surface area contributed by atoms with Gasteiger partial charge in [-0.1, -0.05) is 6.07 Å². The SMILES string of the molecule is O=C(NCC1(CO)CCOCC1)c1cccc(F)c1. The molecule has 0 saturated carbocycles. The van der Waals surface area contributed by atoms with Crippen LogP contribution in [0.5, 0.6) is 0 Å². The Labute approximate surface area is 111 Å². The first-order valence-corrected chi connectivity index (χ1v) is 6.38. The van der Waals surface area contributed by atoms with Gasteiger partial charge in [0.25, 0.3) is 5.91 Å². The van der Waals surface area contributed by atoms with Crippen LogP contribution in [0.3, 0.4) is 0 Å². The largest absolute Gasteiger partial charge is 0.396 e. The Morgan fingerprint density at radius 1 is 1.42 bits per heavy atom. The third kappa shape index (κ3) is 3.52. The van der Waals surface area contributed by atoms with Crippen molar-refractivity contribution in [1.29, 1.82) is 0 Å². The molecule has 0 atom stereocenters. The summed E-state index contributed by atoms with van der Waals surface area (Å²) in [5, 5.41) is 12.3. The molecule has 19 heavy (non-hydrogen) atoms. The molecule has 1 fully saturated rings. The van der Waals surface area contributed by atoms with Gasteiger partial charge in [0.05, 0.1) is 6.61 Å². The van der Waals surface area contributed by atoms with Crippen molar-refractivity contribution in [3.05, 3.63) is 35.6 Å². The van der Waals surface area contributed by atoms with Crippen molar-refractivity contribution in [2.45, 2.75) is 12.8 Å². The van der Waals surface area contributed by atoms with Crippen molar-refractivity contribution >= 4 is 5.91 Å². The summed E-state index contributed by atoms with van der Waals surface area (Å²) in [6.07, 6.45) is 1.43. The Morgan fingerprint density at radius 2 is 2.16 bits per heavy atom. The molecule has 104 valence electrons. The van der Waals surface area contributed by atoms with Gasteiger partial charge < -0.3 is 15.2 Å². The highest BCUT2D eigenvalue weighted by molar-refractivity contribution is 5.94. The van der Waals surface area contributed by atoms with Crippen LogP contribution in [-0.4, -0.2) is 37.4 Å². The van der Waals surface area contributed by atoms with Gasteiger partial charge in [0.2, 0.25) is 0 Å². The molecule has 4 nitrogen and oxygen atoms in total. The first-order chi connectivity index (χ1) is 9.15. The molecule has 1 amide bonds. The topological polar surface area (TPSA) is 58.6 Å². The number of carbonyl (C=O) groups is 1. The Morgan fingerprint density at radius 3 is 2.79 bits per heavy atom. The number of ether oxygens (including phenoxy) is 1. The second kappa shape index (κ2) is 6.12. The third-order valence-corrected chi connectivity index (χ3v) is 3.60. The predicted octanol–water partition coefficient (Wildman–Crippen LogP) is 1.34. The van der Waals surface area contributed by atoms with E-state index in [4.69, 9.17) is 4.74 Å². The Bertz CT molecular complexity index is 444. The molecule has 1 heterocycles. The Kier molecular flexibility index (Phi) is 4.50. The Hall–Kier alpha value is -1.46. The lowest BCUT2D eigenvalue weighted by molar-refractivity contribution is -0.0146. The van der Waals surface area contributed by atoms with E-state index < -0.39 is 5.82 Å². The van der Waals surface area contributed by atoms with E-state index in [1.54, 1.807) is 6.07 Å². The van der Waals surface area contributed by atoms with Crippen molar-refractivity contribution in [2.24, 2.45) is 5.41 Å². The van der Waals surface area contributed by atoms with Crippen LogP contribution in [0.15, 0.2) is 24.3 Å². The molecule has 1 aliphatic heterocycles. The van der Waals surface area contributed by atoms with Gasteiger partial charge in [0.15, 0.2) is 0 Å². The summed E-state index contributed by atoms with van der Waals surface area (Å²) in [5.74, 6) is -0.755. The van der Waals surface area contributed by atoms with E-state index in [1.165, 1.54) is 18.2 Å². The minimum atomic E-state index is -0.435. The average molecular weight is 267 g/mol. The number of aliphatic hydroxyl groups excluding tert-OH is 1. The third-order valence-electron chi connectivity index (χ3n) is 3.60. The van der Waals surface area contributed by atoms with Crippen molar-refractivity contribution in [3.63, 3.8) is 0 Å². The lowest BCUT2D eigenvalue weighted by Crippen LogP contribution is -2.43. The fourth-order valence-corrected chi connectivity index (χ4v) is 2.19. The highest BCUT2D eigenvalue weighted by atomic mass is 19.1. The van der Waals surface area contributed by atoms with Crippen molar-refractivity contribution in [2.75, 3.05) is 26.4 Å². The molecule has 2 N–H and O–H groups in total. The quantitative estimate of drug-likeness (QED) is 0.865. The zero-order chi connectivity index (χ0) is 13.7. The number of halogens is 1. The molecule has 1 saturated heterocycles. The normalized spacial score (nSPS) is 18.0. The van der Waals surface area contributed by atoms with Gasteiger partial charge in [-0.25, -0.2) is 4.39 Å². The average Bonchev–Trinajstić information content (AvgIpc) is 2.46. The minimum absolute atomic E-state index is 0.0137. The van der Waals surface area contributed by atoms with Crippen LogP contribution in [0.4, 0.5) is 4.39 Å². The standard InChI is InChI=1S/C14H18FNO3/c15-12-3-1-2-11(8-12)13(18)16-9-14(10-17)4-6-19-7-5-14/h1-3,8,17H,4-7,9-10H2,(H,16,18). The summed E-state index contributed by atoms with van der Waals surface area (Å²) in [7, 11) is 0. The van der Waals surface area contributed by atoms with E-state index in [0.29, 0.717) is 38.2 Å². The Balaban J connectivity index is 1.95. The molecule has 1 aliphatic rings. The number of hydrogen-bond acceptors (Lipinski definition) is 3. The van der Waals surface area contributed by atoms with E-state index in [1.807, 2.05) is 0 Å². The highest BCUT2D eigenvalue weighted by Crippen LogP contribution is 2.29. The highest BCUT2D eigenvalue weighted by Gasteiger charge is 2.32. The van der Waals surface area contributed by atoms with Gasteiger partial charge in [0, 0.05) is 30.7 Å². The van der Waals surface area contributed by atoms with Crippen molar-refractivity contribution in [3.8, 4) is 0 Å². The molecule has 1 aromatic carbocycles. The maximum atomic E-state index is 13.0. The molecule has 0 bridgehead atoms. The van der Waals surface area contributed by atoms with Gasteiger partial charge >= 0.3 is 0 Å². The van der Waals surface area contributed by atoms with E-state index in [2.05, 4.69) is 5.32 Å². The van der Waals surface area contributed by atoms with E-state index in [9.17, 15) is 14.3 Å². The van der Waals surface area contributed by atoms with Crippen LogP contribution in [0, 0.1) is 11.2 Å². The lowest BCUT2D eigenvalue weighted by Gasteiger charge is -2.35. The summed E-state index contributed by atoms with van der Waals surface area (Å²) >= 11 is 0. The number of nitrogens with one attached hydrogen (secondary N) is 1. The molecule has 0 aliphatic carbocycles. The number of aliphatic hydroxyl groups is 1. The maximum absolute atomic E-state index is 13.0. The lowest BCUT2D eigenvalue weighted by atomic mass is 9.81.